The summed E-state index contributed by atoms with van der Waals surface area (Å²) in [6, 6.07) is 0. The van der Waals surface area contributed by atoms with E-state index in [2.05, 4.69) is 19.9 Å². The van der Waals surface area contributed by atoms with Crippen LogP contribution in [0.15, 0.2) is 22.8 Å². The molecule has 6 heteroatoms. The molecule has 0 radical (unpaired) electrons. The molecule has 1 saturated carbocycles. The average Bonchev–Trinajstić information content (AvgIpc) is 3.41. The fraction of sp³-hybridized carbons (Fsp3) is 0.828. The van der Waals surface area contributed by atoms with Gasteiger partial charge in [0.15, 0.2) is 17.7 Å². The Morgan fingerprint density at radius 3 is 2.54 bits per heavy atom. The van der Waals surface area contributed by atoms with Crippen LogP contribution in [0.25, 0.3) is 0 Å². The van der Waals surface area contributed by atoms with Crippen molar-refractivity contribution in [2.24, 2.45) is 34.5 Å². The van der Waals surface area contributed by atoms with Gasteiger partial charge in [0.1, 0.15) is 6.10 Å². The summed E-state index contributed by atoms with van der Waals surface area (Å²) in [4.78, 5) is 12.5. The van der Waals surface area contributed by atoms with E-state index in [-0.39, 0.29) is 46.6 Å². The van der Waals surface area contributed by atoms with Crippen LogP contribution in [0.3, 0.4) is 0 Å². The number of hydrogen-bond acceptors (Lipinski definition) is 6. The molecule has 4 aliphatic carbocycles. The largest absolute Gasteiger partial charge is 0.393 e. The highest BCUT2D eigenvalue weighted by atomic mass is 16.7. The Balaban J connectivity index is 1.36. The van der Waals surface area contributed by atoms with Gasteiger partial charge in [0.05, 0.1) is 18.3 Å². The van der Waals surface area contributed by atoms with Crippen LogP contribution >= 0.6 is 0 Å². The van der Waals surface area contributed by atoms with Crippen LogP contribution in [-0.2, 0) is 14.3 Å². The molecule has 1 unspecified atom stereocenters. The van der Waals surface area contributed by atoms with Crippen molar-refractivity contribution in [1.29, 1.82) is 0 Å². The van der Waals surface area contributed by atoms with Gasteiger partial charge < -0.3 is 24.8 Å². The van der Waals surface area contributed by atoms with Gasteiger partial charge in [-0.3, -0.25) is 4.79 Å². The summed E-state index contributed by atoms with van der Waals surface area (Å²) < 4.78 is 12.5. The summed E-state index contributed by atoms with van der Waals surface area (Å²) in [5.74, 6) is -0.342. The quantitative estimate of drug-likeness (QED) is 0.563. The monoisotopic (exact) mass is 486 g/mol. The minimum atomic E-state index is -1.69. The number of aliphatic hydroxyl groups is 3. The van der Waals surface area contributed by atoms with Gasteiger partial charge in [-0.25, -0.2) is 0 Å². The molecule has 6 rings (SSSR count). The number of carbonyl (C=O) groups excluding carboxylic acids is 1. The van der Waals surface area contributed by atoms with Crippen molar-refractivity contribution in [3.63, 3.8) is 0 Å². The molecule has 2 heterocycles. The second-order valence-electron chi connectivity index (χ2n) is 13.2. The molecule has 3 N–H and O–H groups in total. The maximum atomic E-state index is 12.5. The van der Waals surface area contributed by atoms with Crippen LogP contribution in [0.2, 0.25) is 0 Å². The van der Waals surface area contributed by atoms with Crippen LogP contribution in [-0.4, -0.2) is 57.4 Å². The number of rotatable bonds is 3. The van der Waals surface area contributed by atoms with Gasteiger partial charge in [0.2, 0.25) is 0 Å². The molecule has 6 nitrogen and oxygen atoms in total. The molecule has 0 bridgehead atoms. The average molecular weight is 487 g/mol. The second kappa shape index (κ2) is 7.73. The molecule has 11 atom stereocenters. The molecule has 0 aromatic heterocycles. The highest BCUT2D eigenvalue weighted by molar-refractivity contribution is 5.86. The first kappa shape index (κ1) is 24.3. The predicted octanol–water partition coefficient (Wildman–Crippen LogP) is 3.68. The van der Waals surface area contributed by atoms with Crippen molar-refractivity contribution >= 4 is 5.78 Å². The normalized spacial score (nSPS) is 50.1. The van der Waals surface area contributed by atoms with E-state index < -0.39 is 24.1 Å². The molecule has 194 valence electrons. The summed E-state index contributed by atoms with van der Waals surface area (Å²) in [6.45, 7) is 9.79. The first-order chi connectivity index (χ1) is 16.4. The molecule has 6 aliphatic rings. The lowest BCUT2D eigenvalue weighted by Gasteiger charge is -2.53. The van der Waals surface area contributed by atoms with Gasteiger partial charge in [-0.1, -0.05) is 39.3 Å². The lowest BCUT2D eigenvalue weighted by atomic mass is 9.51. The molecule has 3 fully saturated rings. The van der Waals surface area contributed by atoms with E-state index in [1.807, 2.05) is 13.8 Å². The molecule has 0 aromatic rings. The number of allylic oxidation sites excluding steroid dienone is 3. The topological polar surface area (TPSA) is 96.2 Å². The van der Waals surface area contributed by atoms with Crippen LogP contribution in [0.1, 0.15) is 79.6 Å². The number of hydrogen-bond donors (Lipinski definition) is 3. The smallest absolute Gasteiger partial charge is 0.164 e. The Morgan fingerprint density at radius 1 is 1.11 bits per heavy atom. The van der Waals surface area contributed by atoms with E-state index in [0.29, 0.717) is 5.92 Å². The zero-order valence-electron chi connectivity index (χ0n) is 21.8. The molecule has 0 spiro atoms. The zero-order chi connectivity index (χ0) is 25.1. The minimum absolute atomic E-state index is 0.0682. The van der Waals surface area contributed by atoms with Crippen LogP contribution < -0.4 is 0 Å². The standard InChI is InChI=1S/C29H42O6/c1-14(2)29(33,15(3)30)25-24-22(26(32)35-25)23-21(34-24)13-20-18-7-6-16-12-17(31)8-10-27(16,4)19(18)9-11-28(20,23)5/h13-14,16-17,21-26,31-33H,6-12H2,1-5H3/t16-,17-,21-,22-,23+,24+,25-,26-,27-,28-,29?/m0/s1. The van der Waals surface area contributed by atoms with E-state index in [1.165, 1.54) is 18.1 Å². The fourth-order valence-electron chi connectivity index (χ4n) is 9.36. The number of fused-ring (bicyclic) bond motifs is 8. The summed E-state index contributed by atoms with van der Waals surface area (Å²) in [5, 5.41) is 32.8. The van der Waals surface area contributed by atoms with Crippen molar-refractivity contribution in [3.8, 4) is 0 Å². The molecular formula is C29H42O6. The maximum absolute atomic E-state index is 12.5. The maximum Gasteiger partial charge on any atom is 0.164 e. The second-order valence-corrected chi connectivity index (χ2v) is 13.2. The lowest BCUT2D eigenvalue weighted by Crippen LogP contribution is -2.57. The minimum Gasteiger partial charge on any atom is -0.393 e. The third-order valence-corrected chi connectivity index (χ3v) is 11.4. The van der Waals surface area contributed by atoms with E-state index in [9.17, 15) is 20.1 Å². The van der Waals surface area contributed by atoms with Gasteiger partial charge in [0, 0.05) is 11.8 Å². The predicted molar refractivity (Wildman–Crippen MR) is 130 cm³/mol. The molecule has 0 aromatic carbocycles. The molecular weight excluding hydrogens is 444 g/mol. The van der Waals surface area contributed by atoms with Crippen molar-refractivity contribution in [2.45, 2.75) is 116 Å². The Morgan fingerprint density at radius 2 is 1.86 bits per heavy atom. The molecule has 35 heavy (non-hydrogen) atoms. The SMILES string of the molecule is CC(=O)C(O)(C(C)C)[C@H]1O[C@H](O)[C@@H]2[C@H]1O[C@H]1C=C3C4=C(CC[C@]3(C)[C@@H]21)[C@@]1(C)CC[C@H](O)C[C@@H]1CC4. The van der Waals surface area contributed by atoms with Gasteiger partial charge in [-0.05, 0) is 85.7 Å². The van der Waals surface area contributed by atoms with E-state index in [0.717, 1.165) is 44.9 Å². The van der Waals surface area contributed by atoms with E-state index in [1.54, 1.807) is 5.57 Å². The first-order valence-corrected chi connectivity index (χ1v) is 13.8. The summed E-state index contributed by atoms with van der Waals surface area (Å²) in [6.07, 6.45) is 6.68. The summed E-state index contributed by atoms with van der Waals surface area (Å²) in [5.41, 5.74) is 2.88. The van der Waals surface area contributed by atoms with Crippen LogP contribution in [0.4, 0.5) is 0 Å². The van der Waals surface area contributed by atoms with Gasteiger partial charge in [0.25, 0.3) is 0 Å². The van der Waals surface area contributed by atoms with Crippen molar-refractivity contribution in [2.75, 3.05) is 0 Å². The van der Waals surface area contributed by atoms with E-state index >= 15 is 0 Å². The summed E-state index contributed by atoms with van der Waals surface area (Å²) in [7, 11) is 0. The Hall–Kier alpha value is -1.05. The van der Waals surface area contributed by atoms with Crippen molar-refractivity contribution in [1.82, 2.24) is 0 Å². The van der Waals surface area contributed by atoms with Gasteiger partial charge in [-0.15, -0.1) is 0 Å². The number of carbonyl (C=O) groups is 1. The first-order valence-electron chi connectivity index (χ1n) is 13.8. The zero-order valence-corrected chi connectivity index (χ0v) is 21.8. The lowest BCUT2D eigenvalue weighted by molar-refractivity contribution is -0.201. The van der Waals surface area contributed by atoms with Gasteiger partial charge >= 0.3 is 0 Å². The molecule has 2 aliphatic heterocycles. The number of aliphatic hydroxyl groups excluding tert-OH is 2. The number of ketones is 1. The van der Waals surface area contributed by atoms with E-state index in [4.69, 9.17) is 9.47 Å². The van der Waals surface area contributed by atoms with Gasteiger partial charge in [-0.2, -0.15) is 0 Å². The molecule has 0 amide bonds. The Kier molecular flexibility index (Phi) is 5.37. The van der Waals surface area contributed by atoms with Crippen LogP contribution in [0, 0.1) is 34.5 Å². The number of ether oxygens (including phenoxy) is 2. The fourth-order valence-corrected chi connectivity index (χ4v) is 9.36. The van der Waals surface area contributed by atoms with Crippen molar-refractivity contribution in [3.05, 3.63) is 22.8 Å². The van der Waals surface area contributed by atoms with Crippen molar-refractivity contribution < 1.29 is 29.6 Å². The summed E-state index contributed by atoms with van der Waals surface area (Å²) >= 11 is 0. The Bertz CT molecular complexity index is 999. The highest BCUT2D eigenvalue weighted by Crippen LogP contribution is 2.67. The molecule has 2 saturated heterocycles. The third-order valence-electron chi connectivity index (χ3n) is 11.4. The highest BCUT2D eigenvalue weighted by Gasteiger charge is 2.68. The number of Topliss-reactive ketones (excluding diaryl/α,β-unsaturated/α-hetero) is 1. The third kappa shape index (κ3) is 3.04. The Labute approximate surface area is 208 Å². The van der Waals surface area contributed by atoms with Crippen LogP contribution in [0.5, 0.6) is 0 Å².